The van der Waals surface area contributed by atoms with Gasteiger partial charge in [-0.05, 0) is 39.0 Å². The number of nitrogens with zero attached hydrogens (tertiary/aromatic N) is 4. The molecule has 2 aromatic rings. The van der Waals surface area contributed by atoms with Crippen LogP contribution < -0.4 is 5.32 Å². The number of rotatable bonds is 5. The van der Waals surface area contributed by atoms with Crippen LogP contribution in [0.3, 0.4) is 0 Å². The summed E-state index contributed by atoms with van der Waals surface area (Å²) in [6.45, 7) is 5.38. The van der Waals surface area contributed by atoms with Gasteiger partial charge >= 0.3 is 6.18 Å². The second-order valence-corrected chi connectivity index (χ2v) is 5.94. The summed E-state index contributed by atoms with van der Waals surface area (Å²) in [6.07, 6.45) is -3.34. The molecule has 1 atom stereocenters. The Morgan fingerprint density at radius 2 is 2.11 bits per heavy atom. The van der Waals surface area contributed by atoms with E-state index in [4.69, 9.17) is 16.4 Å². The SMILES string of the molecule is CCON=C(C)n1ncnc1C(C)NC(=O)c1cc(Cl)cc(C(F)(F)F)c1. The van der Waals surface area contributed by atoms with E-state index in [0.29, 0.717) is 18.3 Å². The van der Waals surface area contributed by atoms with Crippen molar-refractivity contribution in [3.05, 3.63) is 46.5 Å². The fraction of sp³-hybridized carbons (Fsp3) is 0.375. The minimum atomic E-state index is -4.61. The van der Waals surface area contributed by atoms with Crippen LogP contribution in [-0.2, 0) is 11.0 Å². The molecule has 0 fully saturated rings. The molecule has 146 valence electrons. The average Bonchev–Trinajstić information content (AvgIpc) is 3.08. The van der Waals surface area contributed by atoms with Gasteiger partial charge in [0.15, 0.2) is 11.7 Å². The van der Waals surface area contributed by atoms with Gasteiger partial charge in [0.25, 0.3) is 5.91 Å². The van der Waals surface area contributed by atoms with Crippen molar-refractivity contribution in [2.24, 2.45) is 5.16 Å². The number of benzene rings is 1. The third-order valence-electron chi connectivity index (χ3n) is 3.43. The summed E-state index contributed by atoms with van der Waals surface area (Å²) < 4.78 is 40.1. The minimum Gasteiger partial charge on any atom is -0.395 e. The van der Waals surface area contributed by atoms with Gasteiger partial charge < -0.3 is 10.2 Å². The van der Waals surface area contributed by atoms with E-state index in [1.165, 1.54) is 11.0 Å². The maximum atomic E-state index is 12.9. The predicted molar refractivity (Wildman–Crippen MR) is 92.5 cm³/mol. The molecule has 1 N–H and O–H groups in total. The molecular formula is C16H17ClF3N5O2. The molecule has 1 heterocycles. The van der Waals surface area contributed by atoms with E-state index >= 15 is 0 Å². The van der Waals surface area contributed by atoms with Crippen molar-refractivity contribution in [2.45, 2.75) is 33.0 Å². The zero-order valence-electron chi connectivity index (χ0n) is 14.7. The summed E-state index contributed by atoms with van der Waals surface area (Å²) in [5.74, 6) is -0.0145. The minimum absolute atomic E-state index is 0.189. The molecule has 2 rings (SSSR count). The first-order valence-electron chi connectivity index (χ1n) is 7.89. The van der Waals surface area contributed by atoms with Crippen LogP contribution in [0.5, 0.6) is 0 Å². The molecular weight excluding hydrogens is 387 g/mol. The Bertz CT molecular complexity index is 851. The monoisotopic (exact) mass is 403 g/mol. The van der Waals surface area contributed by atoms with Gasteiger partial charge in [-0.3, -0.25) is 4.79 Å². The predicted octanol–water partition coefficient (Wildman–Crippen LogP) is 3.66. The van der Waals surface area contributed by atoms with Crippen LogP contribution in [0.1, 0.15) is 48.6 Å². The zero-order valence-corrected chi connectivity index (χ0v) is 15.5. The lowest BCUT2D eigenvalue weighted by Crippen LogP contribution is -2.30. The van der Waals surface area contributed by atoms with E-state index in [9.17, 15) is 18.0 Å². The van der Waals surface area contributed by atoms with Crippen molar-refractivity contribution in [3.8, 4) is 0 Å². The first-order valence-corrected chi connectivity index (χ1v) is 8.26. The third-order valence-corrected chi connectivity index (χ3v) is 3.65. The molecule has 0 bridgehead atoms. The van der Waals surface area contributed by atoms with Gasteiger partial charge in [0, 0.05) is 10.6 Å². The molecule has 7 nitrogen and oxygen atoms in total. The Morgan fingerprint density at radius 3 is 2.74 bits per heavy atom. The first kappa shape index (κ1) is 20.7. The summed E-state index contributed by atoms with van der Waals surface area (Å²) in [5.41, 5.74) is -1.22. The maximum Gasteiger partial charge on any atom is 0.416 e. The van der Waals surface area contributed by atoms with Gasteiger partial charge in [0.2, 0.25) is 0 Å². The van der Waals surface area contributed by atoms with Crippen molar-refractivity contribution in [3.63, 3.8) is 0 Å². The van der Waals surface area contributed by atoms with Crippen molar-refractivity contribution in [1.29, 1.82) is 0 Å². The summed E-state index contributed by atoms with van der Waals surface area (Å²) in [6, 6.07) is 1.98. The number of oxime groups is 1. The fourth-order valence-corrected chi connectivity index (χ4v) is 2.46. The van der Waals surface area contributed by atoms with Crippen LogP contribution >= 0.6 is 11.6 Å². The van der Waals surface area contributed by atoms with Gasteiger partial charge in [-0.1, -0.05) is 16.8 Å². The Labute approximate surface area is 158 Å². The molecule has 0 saturated carbocycles. The molecule has 1 aromatic carbocycles. The number of carbonyl (C=O) groups is 1. The summed E-state index contributed by atoms with van der Waals surface area (Å²) in [5, 5.41) is 10.2. The highest BCUT2D eigenvalue weighted by Gasteiger charge is 2.32. The van der Waals surface area contributed by atoms with Gasteiger partial charge in [-0.25, -0.2) is 4.98 Å². The van der Waals surface area contributed by atoms with Crippen LogP contribution in [0, 0.1) is 0 Å². The average molecular weight is 404 g/mol. The first-order chi connectivity index (χ1) is 12.6. The summed E-state index contributed by atoms with van der Waals surface area (Å²) in [4.78, 5) is 21.4. The number of hydrogen-bond donors (Lipinski definition) is 1. The van der Waals surface area contributed by atoms with Crippen LogP contribution in [-0.4, -0.2) is 33.1 Å². The van der Waals surface area contributed by atoms with Gasteiger partial charge in [-0.15, -0.1) is 0 Å². The van der Waals surface area contributed by atoms with E-state index < -0.39 is 23.7 Å². The maximum absolute atomic E-state index is 12.9. The number of aromatic nitrogens is 3. The highest BCUT2D eigenvalue weighted by atomic mass is 35.5. The molecule has 0 radical (unpaired) electrons. The Hall–Kier alpha value is -2.62. The fourth-order valence-electron chi connectivity index (χ4n) is 2.22. The normalized spacial score (nSPS) is 13.4. The molecule has 1 amide bonds. The number of alkyl halides is 3. The number of hydrogen-bond acceptors (Lipinski definition) is 5. The van der Waals surface area contributed by atoms with Crippen LogP contribution in [0.4, 0.5) is 13.2 Å². The molecule has 1 aromatic heterocycles. The lowest BCUT2D eigenvalue weighted by molar-refractivity contribution is -0.137. The Balaban J connectivity index is 2.23. The zero-order chi connectivity index (χ0) is 20.2. The third kappa shape index (κ3) is 5.19. The van der Waals surface area contributed by atoms with Crippen molar-refractivity contribution >= 4 is 23.3 Å². The van der Waals surface area contributed by atoms with E-state index in [1.54, 1.807) is 20.8 Å². The molecule has 0 aliphatic carbocycles. The molecule has 0 aliphatic heterocycles. The van der Waals surface area contributed by atoms with Gasteiger partial charge in [0.05, 0.1) is 11.6 Å². The van der Waals surface area contributed by atoms with Crippen molar-refractivity contribution in [2.75, 3.05) is 6.61 Å². The molecule has 0 spiro atoms. The number of carbonyl (C=O) groups excluding carboxylic acids is 1. The highest BCUT2D eigenvalue weighted by Crippen LogP contribution is 2.32. The summed E-state index contributed by atoms with van der Waals surface area (Å²) in [7, 11) is 0. The quantitative estimate of drug-likeness (QED) is 0.469. The molecule has 0 aliphatic rings. The number of amides is 1. The van der Waals surface area contributed by atoms with E-state index in [-0.39, 0.29) is 10.6 Å². The van der Waals surface area contributed by atoms with Crippen LogP contribution in [0.25, 0.3) is 0 Å². The Kier molecular flexibility index (Phi) is 6.42. The van der Waals surface area contributed by atoms with E-state index in [2.05, 4.69) is 20.6 Å². The second kappa shape index (κ2) is 8.38. The topological polar surface area (TPSA) is 81.4 Å². The molecule has 11 heteroatoms. The van der Waals surface area contributed by atoms with Gasteiger partial charge in [0.1, 0.15) is 12.9 Å². The molecule has 0 saturated heterocycles. The summed E-state index contributed by atoms with van der Waals surface area (Å²) >= 11 is 5.72. The molecule has 1 unspecified atom stereocenters. The van der Waals surface area contributed by atoms with Crippen molar-refractivity contribution in [1.82, 2.24) is 20.1 Å². The lowest BCUT2D eigenvalue weighted by atomic mass is 10.1. The molecule has 27 heavy (non-hydrogen) atoms. The van der Waals surface area contributed by atoms with Gasteiger partial charge in [-0.2, -0.15) is 23.0 Å². The van der Waals surface area contributed by atoms with E-state index in [0.717, 1.165) is 18.2 Å². The smallest absolute Gasteiger partial charge is 0.395 e. The highest BCUT2D eigenvalue weighted by molar-refractivity contribution is 6.31. The second-order valence-electron chi connectivity index (χ2n) is 5.51. The van der Waals surface area contributed by atoms with Crippen LogP contribution in [0.2, 0.25) is 5.02 Å². The van der Waals surface area contributed by atoms with E-state index in [1.807, 2.05) is 0 Å². The largest absolute Gasteiger partial charge is 0.416 e. The number of halogens is 4. The lowest BCUT2D eigenvalue weighted by Gasteiger charge is -2.15. The standard InChI is InChI=1S/C16H17ClF3N5O2/c1-4-27-24-10(3)25-14(21-8-22-25)9(2)23-15(26)11-5-12(16(18,19)20)7-13(17)6-11/h5-9H,4H2,1-3H3,(H,23,26). The van der Waals surface area contributed by atoms with Crippen LogP contribution in [0.15, 0.2) is 29.7 Å². The number of nitrogens with one attached hydrogen (secondary N) is 1. The van der Waals surface area contributed by atoms with Crippen molar-refractivity contribution < 1.29 is 22.8 Å². The Morgan fingerprint density at radius 1 is 1.41 bits per heavy atom.